The van der Waals surface area contributed by atoms with Crippen molar-refractivity contribution < 1.29 is 14.4 Å². The Labute approximate surface area is 130 Å². The van der Waals surface area contributed by atoms with E-state index in [1.54, 1.807) is 12.1 Å². The summed E-state index contributed by atoms with van der Waals surface area (Å²) < 4.78 is 0. The molecule has 1 aromatic carbocycles. The van der Waals surface area contributed by atoms with Crippen molar-refractivity contribution in [3.05, 3.63) is 18.2 Å². The van der Waals surface area contributed by atoms with Crippen LogP contribution in [0, 0.1) is 0 Å². The third-order valence-corrected chi connectivity index (χ3v) is 4.51. The first-order valence-corrected chi connectivity index (χ1v) is 7.69. The molecule has 1 aromatic rings. The van der Waals surface area contributed by atoms with Crippen LogP contribution < -0.4 is 16.1 Å². The molecule has 1 unspecified atom stereocenters. The molecule has 22 heavy (non-hydrogen) atoms. The van der Waals surface area contributed by atoms with Crippen molar-refractivity contribution in [1.82, 2.24) is 5.43 Å². The number of hydrogen-bond donors (Lipinski definition) is 3. The van der Waals surface area contributed by atoms with E-state index in [1.807, 2.05) is 13.0 Å². The first-order valence-electron chi connectivity index (χ1n) is 6.81. The second kappa shape index (κ2) is 5.80. The van der Waals surface area contributed by atoms with E-state index < -0.39 is 0 Å². The number of nitrogens with zero attached hydrogens (tertiary/aromatic N) is 1. The largest absolute Gasteiger partial charge is 0.324 e. The molecule has 0 spiro atoms. The maximum absolute atomic E-state index is 12.1. The quantitative estimate of drug-likeness (QED) is 0.766. The molecule has 0 aliphatic carbocycles. The summed E-state index contributed by atoms with van der Waals surface area (Å²) in [5.41, 5.74) is 3.82. The van der Waals surface area contributed by atoms with Crippen molar-refractivity contribution in [2.75, 3.05) is 10.6 Å². The SMILES string of the molecule is CC1Sc2ccc(NC(=O)C3=NNC(=O)CC3)cc2NC1=O. The van der Waals surface area contributed by atoms with Crippen LogP contribution in [0.2, 0.25) is 0 Å². The maximum Gasteiger partial charge on any atom is 0.271 e. The van der Waals surface area contributed by atoms with Crippen LogP contribution in [0.5, 0.6) is 0 Å². The van der Waals surface area contributed by atoms with Gasteiger partial charge in [-0.05, 0) is 25.1 Å². The van der Waals surface area contributed by atoms with Gasteiger partial charge in [0, 0.05) is 23.4 Å². The molecule has 8 heteroatoms. The van der Waals surface area contributed by atoms with E-state index in [9.17, 15) is 14.4 Å². The van der Waals surface area contributed by atoms with Gasteiger partial charge in [-0.3, -0.25) is 14.4 Å². The normalized spacial score (nSPS) is 20.4. The molecule has 3 rings (SSSR count). The summed E-state index contributed by atoms with van der Waals surface area (Å²) in [6.07, 6.45) is 0.563. The molecular formula is C14H14N4O3S. The lowest BCUT2D eigenvalue weighted by atomic mass is 10.1. The Morgan fingerprint density at radius 1 is 1.36 bits per heavy atom. The Bertz CT molecular complexity index is 701. The van der Waals surface area contributed by atoms with Crippen molar-refractivity contribution in [2.24, 2.45) is 5.10 Å². The first-order chi connectivity index (χ1) is 10.5. The molecule has 2 aliphatic heterocycles. The monoisotopic (exact) mass is 318 g/mol. The van der Waals surface area contributed by atoms with Gasteiger partial charge in [-0.2, -0.15) is 5.10 Å². The van der Waals surface area contributed by atoms with Crippen LogP contribution in [0.3, 0.4) is 0 Å². The average Bonchev–Trinajstić information content (AvgIpc) is 2.49. The van der Waals surface area contributed by atoms with Crippen LogP contribution in [0.15, 0.2) is 28.2 Å². The Hall–Kier alpha value is -2.35. The van der Waals surface area contributed by atoms with Gasteiger partial charge in [0.1, 0.15) is 5.71 Å². The Balaban J connectivity index is 1.74. The predicted molar refractivity (Wildman–Crippen MR) is 83.8 cm³/mol. The molecule has 0 aromatic heterocycles. The molecule has 0 bridgehead atoms. The minimum atomic E-state index is -0.358. The Morgan fingerprint density at radius 3 is 2.91 bits per heavy atom. The highest BCUT2D eigenvalue weighted by molar-refractivity contribution is 8.00. The van der Waals surface area contributed by atoms with E-state index in [-0.39, 0.29) is 35.1 Å². The van der Waals surface area contributed by atoms with Gasteiger partial charge < -0.3 is 10.6 Å². The number of hydrazone groups is 1. The second-order valence-electron chi connectivity index (χ2n) is 5.01. The Kier molecular flexibility index (Phi) is 3.84. The summed E-state index contributed by atoms with van der Waals surface area (Å²) in [4.78, 5) is 35.7. The lowest BCUT2D eigenvalue weighted by molar-refractivity contribution is -0.121. The topological polar surface area (TPSA) is 99.7 Å². The van der Waals surface area contributed by atoms with Gasteiger partial charge >= 0.3 is 0 Å². The molecule has 2 heterocycles. The van der Waals surface area contributed by atoms with Crippen LogP contribution >= 0.6 is 11.8 Å². The van der Waals surface area contributed by atoms with Gasteiger partial charge in [0.15, 0.2) is 0 Å². The van der Waals surface area contributed by atoms with Crippen molar-refractivity contribution in [2.45, 2.75) is 29.9 Å². The number of benzene rings is 1. The fourth-order valence-electron chi connectivity index (χ4n) is 2.13. The number of rotatable bonds is 2. The van der Waals surface area contributed by atoms with Crippen LogP contribution in [0.4, 0.5) is 11.4 Å². The minimum Gasteiger partial charge on any atom is -0.324 e. The van der Waals surface area contributed by atoms with E-state index in [1.165, 1.54) is 11.8 Å². The number of carbonyl (C=O) groups excluding carboxylic acids is 3. The van der Waals surface area contributed by atoms with E-state index in [2.05, 4.69) is 21.2 Å². The zero-order valence-electron chi connectivity index (χ0n) is 11.8. The van der Waals surface area contributed by atoms with E-state index >= 15 is 0 Å². The van der Waals surface area contributed by atoms with Gasteiger partial charge in [0.05, 0.1) is 10.9 Å². The average molecular weight is 318 g/mol. The third kappa shape index (κ3) is 2.96. The Morgan fingerprint density at radius 2 is 2.18 bits per heavy atom. The van der Waals surface area contributed by atoms with Crippen LogP contribution in [0.25, 0.3) is 0 Å². The number of thioether (sulfide) groups is 1. The molecule has 0 radical (unpaired) electrons. The summed E-state index contributed by atoms with van der Waals surface area (Å²) in [6.45, 7) is 1.84. The van der Waals surface area contributed by atoms with Gasteiger partial charge in [0.2, 0.25) is 11.8 Å². The summed E-state index contributed by atoms with van der Waals surface area (Å²) in [6, 6.07) is 5.35. The van der Waals surface area contributed by atoms with E-state index in [0.29, 0.717) is 17.8 Å². The number of carbonyl (C=O) groups is 3. The number of fused-ring (bicyclic) bond motifs is 1. The smallest absolute Gasteiger partial charge is 0.271 e. The van der Waals surface area contributed by atoms with Gasteiger partial charge in [0.25, 0.3) is 5.91 Å². The van der Waals surface area contributed by atoms with Gasteiger partial charge in [-0.1, -0.05) is 0 Å². The number of amides is 3. The van der Waals surface area contributed by atoms with Crippen molar-refractivity contribution in [3.8, 4) is 0 Å². The fourth-order valence-corrected chi connectivity index (χ4v) is 3.06. The van der Waals surface area contributed by atoms with Crippen LogP contribution in [-0.2, 0) is 14.4 Å². The predicted octanol–water partition coefficient (Wildman–Crippen LogP) is 1.32. The summed E-state index contributed by atoms with van der Waals surface area (Å²) in [7, 11) is 0. The van der Waals surface area contributed by atoms with E-state index in [0.717, 1.165) is 4.90 Å². The zero-order chi connectivity index (χ0) is 15.7. The fraction of sp³-hybridized carbons (Fsp3) is 0.286. The number of anilines is 2. The molecule has 0 saturated heterocycles. The lowest BCUT2D eigenvalue weighted by Gasteiger charge is -2.22. The molecule has 0 fully saturated rings. The standard InChI is InChI=1S/C14H14N4O3S/c1-7-13(20)16-10-6-8(2-4-11(10)22-7)15-14(21)9-3-5-12(19)18-17-9/h2,4,6-7H,3,5H2,1H3,(H,15,21)(H,16,20)(H,18,19). The summed E-state index contributed by atoms with van der Waals surface area (Å²) in [5, 5.41) is 9.15. The van der Waals surface area contributed by atoms with Crippen molar-refractivity contribution in [1.29, 1.82) is 0 Å². The molecule has 1 atom stereocenters. The first kappa shape index (κ1) is 14.6. The minimum absolute atomic E-state index is 0.0552. The summed E-state index contributed by atoms with van der Waals surface area (Å²) >= 11 is 1.48. The maximum atomic E-state index is 12.1. The molecule has 114 valence electrons. The van der Waals surface area contributed by atoms with Crippen LogP contribution in [-0.4, -0.2) is 28.7 Å². The highest BCUT2D eigenvalue weighted by Gasteiger charge is 2.24. The third-order valence-electron chi connectivity index (χ3n) is 3.33. The number of nitrogens with one attached hydrogen (secondary N) is 3. The van der Waals surface area contributed by atoms with Crippen molar-refractivity contribution >= 4 is 46.6 Å². The molecule has 0 saturated carbocycles. The molecule has 3 amide bonds. The summed E-state index contributed by atoms with van der Waals surface area (Å²) in [5.74, 6) is -0.609. The zero-order valence-corrected chi connectivity index (χ0v) is 12.6. The second-order valence-corrected chi connectivity index (χ2v) is 6.39. The highest BCUT2D eigenvalue weighted by Crippen LogP contribution is 2.36. The van der Waals surface area contributed by atoms with E-state index in [4.69, 9.17) is 0 Å². The molecule has 7 nitrogen and oxygen atoms in total. The number of hydrogen-bond acceptors (Lipinski definition) is 5. The van der Waals surface area contributed by atoms with Gasteiger partial charge in [-0.25, -0.2) is 5.43 Å². The highest BCUT2D eigenvalue weighted by atomic mass is 32.2. The van der Waals surface area contributed by atoms with Gasteiger partial charge in [-0.15, -0.1) is 11.8 Å². The van der Waals surface area contributed by atoms with Crippen molar-refractivity contribution in [3.63, 3.8) is 0 Å². The molecule has 2 aliphatic rings. The van der Waals surface area contributed by atoms with Crippen LogP contribution in [0.1, 0.15) is 19.8 Å². The lowest BCUT2D eigenvalue weighted by Crippen LogP contribution is -2.32. The molecule has 3 N–H and O–H groups in total. The molecular weight excluding hydrogens is 304 g/mol.